The first kappa shape index (κ1) is 23.6. The van der Waals surface area contributed by atoms with E-state index in [1.165, 1.54) is 23.7 Å². The van der Waals surface area contributed by atoms with Crippen molar-refractivity contribution >= 4 is 46.6 Å². The highest BCUT2D eigenvalue weighted by molar-refractivity contribution is 14.0. The fourth-order valence-corrected chi connectivity index (χ4v) is 3.75. The maximum atomic E-state index is 12.7. The summed E-state index contributed by atoms with van der Waals surface area (Å²) in [6, 6.07) is 5.18. The Labute approximate surface area is 189 Å². The largest absolute Gasteiger partial charge is 0.416 e. The zero-order valence-electron chi connectivity index (χ0n) is 16.2. The van der Waals surface area contributed by atoms with E-state index in [2.05, 4.69) is 29.5 Å². The van der Waals surface area contributed by atoms with E-state index >= 15 is 0 Å². The van der Waals surface area contributed by atoms with E-state index < -0.39 is 11.7 Å². The number of benzene rings is 1. The lowest BCUT2D eigenvalue weighted by Crippen LogP contribution is -2.52. The van der Waals surface area contributed by atoms with Crippen LogP contribution >= 0.6 is 35.5 Å². The van der Waals surface area contributed by atoms with Crippen LogP contribution in [0.25, 0.3) is 0 Å². The van der Waals surface area contributed by atoms with Crippen LogP contribution < -0.4 is 10.2 Å². The summed E-state index contributed by atoms with van der Waals surface area (Å²) >= 11 is 1.43. The molecule has 0 unspecified atom stereocenters. The molecule has 0 saturated carbocycles. The summed E-state index contributed by atoms with van der Waals surface area (Å²) in [4.78, 5) is 13.2. The van der Waals surface area contributed by atoms with Crippen LogP contribution in [0.5, 0.6) is 0 Å². The van der Waals surface area contributed by atoms with Gasteiger partial charge in [0, 0.05) is 57.7 Å². The van der Waals surface area contributed by atoms with Gasteiger partial charge >= 0.3 is 6.18 Å². The van der Waals surface area contributed by atoms with E-state index in [1.807, 2.05) is 6.92 Å². The molecule has 29 heavy (non-hydrogen) atoms. The number of rotatable bonds is 4. The first-order valence-corrected chi connectivity index (χ1v) is 9.87. The number of hydrogen-bond donors (Lipinski definition) is 1. The van der Waals surface area contributed by atoms with Crippen molar-refractivity contribution < 1.29 is 13.2 Å². The SMILES string of the molecule is CCc1nsc(N2CCN(C(=NC)NCc3ccc(C(F)(F)F)cc3)CC2)n1.I. The molecule has 1 fully saturated rings. The van der Waals surface area contributed by atoms with E-state index in [-0.39, 0.29) is 24.0 Å². The zero-order valence-corrected chi connectivity index (χ0v) is 19.4. The number of hydrogen-bond acceptors (Lipinski definition) is 5. The van der Waals surface area contributed by atoms with Crippen LogP contribution in [-0.2, 0) is 19.1 Å². The number of guanidine groups is 1. The van der Waals surface area contributed by atoms with E-state index in [4.69, 9.17) is 0 Å². The van der Waals surface area contributed by atoms with Crippen molar-refractivity contribution in [2.24, 2.45) is 4.99 Å². The van der Waals surface area contributed by atoms with Gasteiger partial charge in [-0.3, -0.25) is 4.99 Å². The summed E-state index contributed by atoms with van der Waals surface area (Å²) in [5, 5.41) is 4.18. The third-order valence-electron chi connectivity index (χ3n) is 4.57. The first-order chi connectivity index (χ1) is 13.4. The average molecular weight is 540 g/mol. The number of piperazine rings is 1. The van der Waals surface area contributed by atoms with Crippen LogP contribution in [0.15, 0.2) is 29.3 Å². The van der Waals surface area contributed by atoms with Crippen LogP contribution in [0.3, 0.4) is 0 Å². The second-order valence-electron chi connectivity index (χ2n) is 6.42. The summed E-state index contributed by atoms with van der Waals surface area (Å²) in [6.07, 6.45) is -3.48. The van der Waals surface area contributed by atoms with Gasteiger partial charge in [-0.2, -0.15) is 17.5 Å². The summed E-state index contributed by atoms with van der Waals surface area (Å²) in [7, 11) is 1.71. The highest BCUT2D eigenvalue weighted by atomic mass is 127. The predicted molar refractivity (Wildman–Crippen MR) is 120 cm³/mol. The molecule has 0 spiro atoms. The molecule has 0 amide bonds. The van der Waals surface area contributed by atoms with Gasteiger partial charge < -0.3 is 15.1 Å². The lowest BCUT2D eigenvalue weighted by Gasteiger charge is -2.36. The molecule has 1 aliphatic rings. The molecule has 1 aromatic heterocycles. The Morgan fingerprint density at radius 1 is 1.17 bits per heavy atom. The molecule has 1 aromatic carbocycles. The standard InChI is InChI=1S/C18H23F3N6S.HI/c1-3-15-24-17(28-25-15)27-10-8-26(9-11-27)16(22-2)23-12-13-4-6-14(7-5-13)18(19,20)21;/h4-7H,3,8-12H2,1-2H3,(H,22,23);1H. The maximum Gasteiger partial charge on any atom is 0.416 e. The zero-order chi connectivity index (χ0) is 20.1. The lowest BCUT2D eigenvalue weighted by atomic mass is 10.1. The monoisotopic (exact) mass is 540 g/mol. The Bertz CT molecular complexity index is 801. The molecule has 0 radical (unpaired) electrons. The van der Waals surface area contributed by atoms with Crippen LogP contribution in [-0.4, -0.2) is 53.4 Å². The van der Waals surface area contributed by atoms with Crippen LogP contribution in [0.2, 0.25) is 0 Å². The maximum absolute atomic E-state index is 12.7. The fraction of sp³-hybridized carbons (Fsp3) is 0.500. The number of halogens is 4. The Morgan fingerprint density at radius 3 is 2.34 bits per heavy atom. The van der Waals surface area contributed by atoms with Crippen LogP contribution in [0.1, 0.15) is 23.9 Å². The summed E-state index contributed by atoms with van der Waals surface area (Å²) < 4.78 is 42.3. The molecule has 11 heteroatoms. The normalized spacial score (nSPS) is 15.3. The van der Waals surface area contributed by atoms with Crippen molar-refractivity contribution in [3.05, 3.63) is 41.2 Å². The molecule has 1 aliphatic heterocycles. The Balaban J connectivity index is 0.00000300. The molecule has 2 aromatic rings. The molecule has 1 saturated heterocycles. The molecular formula is C18H24F3IN6S. The molecule has 160 valence electrons. The van der Waals surface area contributed by atoms with Crippen molar-refractivity contribution in [3.63, 3.8) is 0 Å². The number of aliphatic imine (C=N–C) groups is 1. The molecule has 0 bridgehead atoms. The van der Waals surface area contributed by atoms with Gasteiger partial charge in [-0.1, -0.05) is 19.1 Å². The second kappa shape index (κ2) is 10.4. The van der Waals surface area contributed by atoms with Crippen molar-refractivity contribution in [1.29, 1.82) is 0 Å². The smallest absolute Gasteiger partial charge is 0.352 e. The van der Waals surface area contributed by atoms with Gasteiger partial charge in [0.1, 0.15) is 5.82 Å². The van der Waals surface area contributed by atoms with Crippen LogP contribution in [0, 0.1) is 0 Å². The highest BCUT2D eigenvalue weighted by Gasteiger charge is 2.30. The third kappa shape index (κ3) is 6.17. The minimum atomic E-state index is -4.31. The quantitative estimate of drug-likeness (QED) is 0.365. The molecular weight excluding hydrogens is 516 g/mol. The lowest BCUT2D eigenvalue weighted by molar-refractivity contribution is -0.137. The number of nitrogens with zero attached hydrogens (tertiary/aromatic N) is 5. The predicted octanol–water partition coefficient (Wildman–Crippen LogP) is 3.63. The average Bonchev–Trinajstić information content (AvgIpc) is 3.18. The molecule has 6 nitrogen and oxygen atoms in total. The number of nitrogens with one attached hydrogen (secondary N) is 1. The van der Waals surface area contributed by atoms with Gasteiger partial charge in [0.15, 0.2) is 5.96 Å². The van der Waals surface area contributed by atoms with Gasteiger partial charge in [-0.15, -0.1) is 24.0 Å². The van der Waals surface area contributed by atoms with Gasteiger partial charge in [0.05, 0.1) is 5.56 Å². The van der Waals surface area contributed by atoms with E-state index in [1.54, 1.807) is 7.05 Å². The first-order valence-electron chi connectivity index (χ1n) is 9.10. The summed E-state index contributed by atoms with van der Waals surface area (Å²) in [6.45, 7) is 5.66. The van der Waals surface area contributed by atoms with Gasteiger partial charge in [0.2, 0.25) is 5.13 Å². The molecule has 0 aliphatic carbocycles. The Hall–Kier alpha value is -1.63. The fourth-order valence-electron chi connectivity index (χ4n) is 2.95. The minimum absolute atomic E-state index is 0. The molecule has 1 N–H and O–H groups in total. The second-order valence-corrected chi connectivity index (χ2v) is 7.15. The Kier molecular flexibility index (Phi) is 8.49. The highest BCUT2D eigenvalue weighted by Crippen LogP contribution is 2.29. The third-order valence-corrected chi connectivity index (χ3v) is 5.38. The van der Waals surface area contributed by atoms with Crippen molar-refractivity contribution in [3.8, 4) is 0 Å². The number of alkyl halides is 3. The number of anilines is 1. The van der Waals surface area contributed by atoms with Crippen molar-refractivity contribution in [1.82, 2.24) is 19.6 Å². The van der Waals surface area contributed by atoms with Gasteiger partial charge in [-0.05, 0) is 17.7 Å². The van der Waals surface area contributed by atoms with Crippen molar-refractivity contribution in [2.75, 3.05) is 38.1 Å². The van der Waals surface area contributed by atoms with Gasteiger partial charge in [-0.25, -0.2) is 4.98 Å². The molecule has 2 heterocycles. The molecule has 0 atom stereocenters. The Morgan fingerprint density at radius 2 is 1.83 bits per heavy atom. The van der Waals surface area contributed by atoms with E-state index in [0.717, 1.165) is 67.2 Å². The number of aromatic nitrogens is 2. The van der Waals surface area contributed by atoms with E-state index in [0.29, 0.717) is 6.54 Å². The topological polar surface area (TPSA) is 56.7 Å². The summed E-state index contributed by atoms with van der Waals surface area (Å²) in [5.74, 6) is 1.61. The number of aryl methyl sites for hydroxylation is 1. The van der Waals surface area contributed by atoms with E-state index in [9.17, 15) is 13.2 Å². The van der Waals surface area contributed by atoms with Crippen LogP contribution in [0.4, 0.5) is 18.3 Å². The van der Waals surface area contributed by atoms with Gasteiger partial charge in [0.25, 0.3) is 0 Å². The van der Waals surface area contributed by atoms with Crippen molar-refractivity contribution in [2.45, 2.75) is 26.1 Å². The summed E-state index contributed by atoms with van der Waals surface area (Å²) in [5.41, 5.74) is 0.133. The molecule has 3 rings (SSSR count). The minimum Gasteiger partial charge on any atom is -0.352 e.